The number of rotatable bonds is 10. The Hall–Kier alpha value is -2.54. The summed E-state index contributed by atoms with van der Waals surface area (Å²) in [6.07, 6.45) is 4.21. The van der Waals surface area contributed by atoms with Gasteiger partial charge in [0.05, 0.1) is 17.7 Å². The predicted octanol–water partition coefficient (Wildman–Crippen LogP) is 4.22. The van der Waals surface area contributed by atoms with Crippen LogP contribution in [0, 0.1) is 0 Å². The van der Waals surface area contributed by atoms with E-state index in [1.807, 2.05) is 6.92 Å². The van der Waals surface area contributed by atoms with Gasteiger partial charge in [-0.3, -0.25) is 9.10 Å². The summed E-state index contributed by atoms with van der Waals surface area (Å²) in [7, 11) is -0.763. The van der Waals surface area contributed by atoms with Crippen LogP contribution in [0.5, 0.6) is 5.75 Å². The summed E-state index contributed by atoms with van der Waals surface area (Å²) >= 11 is 0. The van der Waals surface area contributed by atoms with Gasteiger partial charge in [-0.05, 0) is 55.8 Å². The van der Waals surface area contributed by atoms with Gasteiger partial charge in [0.2, 0.25) is 0 Å². The number of benzene rings is 2. The number of carbonyl (C=O) groups excluding carboxylic acids is 1. The molecule has 0 unspecified atom stereocenters. The van der Waals surface area contributed by atoms with Crippen molar-refractivity contribution < 1.29 is 17.9 Å². The number of carbonyl (C=O) groups is 1. The van der Waals surface area contributed by atoms with Gasteiger partial charge < -0.3 is 10.1 Å². The first kappa shape index (κ1) is 22.7. The van der Waals surface area contributed by atoms with Crippen LogP contribution in [0.3, 0.4) is 0 Å². The van der Waals surface area contributed by atoms with Crippen molar-refractivity contribution in [2.45, 2.75) is 50.5 Å². The fourth-order valence-corrected chi connectivity index (χ4v) is 4.21. The average molecular weight is 419 g/mol. The molecule has 2 rings (SSSR count). The van der Waals surface area contributed by atoms with Crippen LogP contribution in [0.4, 0.5) is 5.69 Å². The first-order valence-corrected chi connectivity index (χ1v) is 11.3. The lowest BCUT2D eigenvalue weighted by atomic mass is 10.1. The largest absolute Gasteiger partial charge is 0.497 e. The van der Waals surface area contributed by atoms with E-state index in [2.05, 4.69) is 12.2 Å². The van der Waals surface area contributed by atoms with Crippen LogP contribution in [-0.4, -0.2) is 34.5 Å². The second-order valence-corrected chi connectivity index (χ2v) is 9.04. The molecular weight excluding hydrogens is 388 g/mol. The Kier molecular flexibility index (Phi) is 8.08. The molecule has 29 heavy (non-hydrogen) atoms. The minimum absolute atomic E-state index is 0.0382. The third-order valence-electron chi connectivity index (χ3n) is 4.81. The van der Waals surface area contributed by atoms with Crippen molar-refractivity contribution in [3.05, 3.63) is 54.1 Å². The molecule has 0 radical (unpaired) electrons. The molecule has 0 spiro atoms. The van der Waals surface area contributed by atoms with Gasteiger partial charge in [-0.25, -0.2) is 8.42 Å². The van der Waals surface area contributed by atoms with Crippen LogP contribution in [0.1, 0.15) is 49.9 Å². The molecule has 0 aliphatic carbocycles. The predicted molar refractivity (Wildman–Crippen MR) is 116 cm³/mol. The minimum Gasteiger partial charge on any atom is -0.497 e. The summed E-state index contributed by atoms with van der Waals surface area (Å²) in [5, 5.41) is 2.95. The van der Waals surface area contributed by atoms with E-state index >= 15 is 0 Å². The van der Waals surface area contributed by atoms with Gasteiger partial charge in [-0.2, -0.15) is 0 Å². The molecule has 0 heterocycles. The Morgan fingerprint density at radius 2 is 1.83 bits per heavy atom. The standard InChI is InChI=1S/C22H30N2O4S/c1-5-6-7-9-17(2)23-22(25)18-10-8-11-21(16-18)29(26,27)24(3)19-12-14-20(28-4)15-13-19/h8,10-17H,5-7,9H2,1-4H3,(H,23,25)/t17-/m0/s1. The fraction of sp³-hybridized carbons (Fsp3) is 0.409. The first-order valence-electron chi connectivity index (χ1n) is 9.83. The molecule has 0 fully saturated rings. The van der Waals surface area contributed by atoms with Gasteiger partial charge in [0.15, 0.2) is 0 Å². The highest BCUT2D eigenvalue weighted by Crippen LogP contribution is 2.24. The molecule has 158 valence electrons. The Bertz CT molecular complexity index is 911. The first-order chi connectivity index (χ1) is 13.8. The quantitative estimate of drug-likeness (QED) is 0.586. The number of ether oxygens (including phenoxy) is 1. The van der Waals surface area contributed by atoms with Gasteiger partial charge in [0, 0.05) is 18.7 Å². The van der Waals surface area contributed by atoms with E-state index < -0.39 is 10.0 Å². The summed E-state index contributed by atoms with van der Waals surface area (Å²) in [5.41, 5.74) is 0.835. The van der Waals surface area contributed by atoms with Gasteiger partial charge in [-0.1, -0.05) is 32.3 Å². The van der Waals surface area contributed by atoms with Gasteiger partial charge >= 0.3 is 0 Å². The van der Waals surface area contributed by atoms with Crippen LogP contribution in [0.15, 0.2) is 53.4 Å². The summed E-state index contributed by atoms with van der Waals surface area (Å²) in [5.74, 6) is 0.379. The lowest BCUT2D eigenvalue weighted by Gasteiger charge is -2.20. The molecule has 0 aliphatic heterocycles. The van der Waals surface area contributed by atoms with E-state index in [-0.39, 0.29) is 16.8 Å². The number of nitrogens with zero attached hydrogens (tertiary/aromatic N) is 1. The zero-order valence-corrected chi connectivity index (χ0v) is 18.3. The maximum Gasteiger partial charge on any atom is 0.264 e. The van der Waals surface area contributed by atoms with E-state index in [1.165, 1.54) is 23.5 Å². The zero-order chi connectivity index (χ0) is 21.4. The minimum atomic E-state index is -3.80. The van der Waals surface area contributed by atoms with Crippen LogP contribution < -0.4 is 14.4 Å². The second-order valence-electron chi connectivity index (χ2n) is 7.07. The van der Waals surface area contributed by atoms with Crippen LogP contribution in [-0.2, 0) is 10.0 Å². The highest BCUT2D eigenvalue weighted by Gasteiger charge is 2.22. The van der Waals surface area contributed by atoms with Crippen molar-refractivity contribution in [1.82, 2.24) is 5.32 Å². The molecule has 0 aliphatic rings. The Morgan fingerprint density at radius 1 is 1.14 bits per heavy atom. The molecule has 0 saturated heterocycles. The number of methoxy groups -OCH3 is 1. The van der Waals surface area contributed by atoms with E-state index in [9.17, 15) is 13.2 Å². The number of anilines is 1. The molecule has 6 nitrogen and oxygen atoms in total. The molecule has 1 amide bonds. The smallest absolute Gasteiger partial charge is 0.264 e. The van der Waals surface area contributed by atoms with Crippen molar-refractivity contribution >= 4 is 21.6 Å². The lowest BCUT2D eigenvalue weighted by Crippen LogP contribution is -2.33. The summed E-state index contributed by atoms with van der Waals surface area (Å²) < 4.78 is 32.3. The van der Waals surface area contributed by atoms with E-state index in [1.54, 1.807) is 43.5 Å². The van der Waals surface area contributed by atoms with Gasteiger partial charge in [-0.15, -0.1) is 0 Å². The van der Waals surface area contributed by atoms with Crippen molar-refractivity contribution in [1.29, 1.82) is 0 Å². The van der Waals surface area contributed by atoms with Crippen LogP contribution in [0.2, 0.25) is 0 Å². The molecule has 2 aromatic carbocycles. The lowest BCUT2D eigenvalue weighted by molar-refractivity contribution is 0.0937. The van der Waals surface area contributed by atoms with Gasteiger partial charge in [0.1, 0.15) is 5.75 Å². The molecule has 0 saturated carbocycles. The number of hydrogen-bond donors (Lipinski definition) is 1. The Morgan fingerprint density at radius 3 is 2.45 bits per heavy atom. The topological polar surface area (TPSA) is 75.7 Å². The summed E-state index contributed by atoms with van der Waals surface area (Å²) in [6, 6.07) is 12.9. The van der Waals surface area contributed by atoms with E-state index in [0.717, 1.165) is 25.7 Å². The van der Waals surface area contributed by atoms with Crippen LogP contribution in [0.25, 0.3) is 0 Å². The molecule has 7 heteroatoms. The second kappa shape index (κ2) is 10.3. The zero-order valence-electron chi connectivity index (χ0n) is 17.5. The van der Waals surface area contributed by atoms with Crippen molar-refractivity contribution in [3.63, 3.8) is 0 Å². The van der Waals surface area contributed by atoms with Crippen molar-refractivity contribution in [2.75, 3.05) is 18.5 Å². The third kappa shape index (κ3) is 5.97. The van der Waals surface area contributed by atoms with Crippen molar-refractivity contribution in [3.8, 4) is 5.75 Å². The maximum absolute atomic E-state index is 13.0. The third-order valence-corrected chi connectivity index (χ3v) is 6.59. The van der Waals surface area contributed by atoms with E-state index in [0.29, 0.717) is 17.0 Å². The van der Waals surface area contributed by atoms with Crippen molar-refractivity contribution in [2.24, 2.45) is 0 Å². The number of unbranched alkanes of at least 4 members (excludes halogenated alkanes) is 2. The molecule has 0 bridgehead atoms. The highest BCUT2D eigenvalue weighted by molar-refractivity contribution is 7.92. The Balaban J connectivity index is 2.16. The normalized spacial score (nSPS) is 12.3. The Labute approximate surface area is 173 Å². The summed E-state index contributed by atoms with van der Waals surface area (Å²) in [6.45, 7) is 4.10. The molecule has 1 atom stereocenters. The van der Waals surface area contributed by atoms with Crippen LogP contribution >= 0.6 is 0 Å². The number of amides is 1. The monoisotopic (exact) mass is 418 g/mol. The maximum atomic E-state index is 13.0. The van der Waals surface area contributed by atoms with Gasteiger partial charge in [0.25, 0.3) is 15.9 Å². The summed E-state index contributed by atoms with van der Waals surface area (Å²) in [4.78, 5) is 12.6. The number of sulfonamides is 1. The number of hydrogen-bond acceptors (Lipinski definition) is 4. The molecule has 2 aromatic rings. The molecule has 0 aromatic heterocycles. The molecule has 1 N–H and O–H groups in total. The fourth-order valence-electron chi connectivity index (χ4n) is 2.97. The number of nitrogens with one attached hydrogen (secondary N) is 1. The van der Waals surface area contributed by atoms with E-state index in [4.69, 9.17) is 4.74 Å². The highest BCUT2D eigenvalue weighted by atomic mass is 32.2. The molecular formula is C22H30N2O4S. The SMILES string of the molecule is CCCCC[C@H](C)NC(=O)c1cccc(S(=O)(=O)N(C)c2ccc(OC)cc2)c1. The average Bonchev–Trinajstić information content (AvgIpc) is 2.73.